The van der Waals surface area contributed by atoms with Gasteiger partial charge in [0.05, 0.1) is 25.4 Å². The van der Waals surface area contributed by atoms with Crippen molar-refractivity contribution in [1.29, 1.82) is 0 Å². The Morgan fingerprint density at radius 3 is 1.41 bits per heavy atom. The predicted octanol–water partition coefficient (Wildman–Crippen LogP) is 15.5. The molecule has 1 aliphatic heterocycles. The van der Waals surface area contributed by atoms with E-state index < -0.39 is 67.4 Å². The molecule has 0 saturated carbocycles. The van der Waals surface area contributed by atoms with Crippen molar-refractivity contribution in [3.8, 4) is 0 Å². The second kappa shape index (κ2) is 53.5. The number of aliphatic hydroxyl groups excluding tert-OH is 5. The van der Waals surface area contributed by atoms with Crippen LogP contribution in [0.2, 0.25) is 0 Å². The zero-order valence-corrected chi connectivity index (χ0v) is 49.4. The molecule has 8 unspecified atom stereocenters. The second-order valence-corrected chi connectivity index (χ2v) is 22.5. The lowest BCUT2D eigenvalue weighted by Crippen LogP contribution is -2.61. The SMILES string of the molecule is CC/C=C/C/C=C/CCCCCCCCC(O)C(=O)NC(COC1OC(CO)C(O)C(O)C1OC(=O)CCCCCCCCCCCCCCCCCCCCCCCCC)C(O)/C=C/CCCCCCCCCCC. The number of allylic oxidation sites excluding steroid dienone is 5. The maximum absolute atomic E-state index is 13.4. The fourth-order valence-electron chi connectivity index (χ4n) is 10.2. The van der Waals surface area contributed by atoms with Crippen molar-refractivity contribution in [2.24, 2.45) is 0 Å². The topological polar surface area (TPSA) is 175 Å². The third kappa shape index (κ3) is 41.0. The average Bonchev–Trinajstić information content (AvgIpc) is 3.42. The maximum Gasteiger partial charge on any atom is 0.306 e. The molecule has 0 spiro atoms. The Hall–Kier alpha value is -2.12. The minimum atomic E-state index is -1.61. The van der Waals surface area contributed by atoms with Gasteiger partial charge in [-0.3, -0.25) is 9.59 Å². The van der Waals surface area contributed by atoms with E-state index in [-0.39, 0.29) is 19.4 Å². The van der Waals surface area contributed by atoms with Crippen LogP contribution in [0.15, 0.2) is 36.5 Å². The molecule has 1 aliphatic rings. The van der Waals surface area contributed by atoms with Crippen LogP contribution in [0.25, 0.3) is 0 Å². The number of hydrogen-bond acceptors (Lipinski definition) is 10. The van der Waals surface area contributed by atoms with Gasteiger partial charge in [-0.2, -0.15) is 0 Å². The molecule has 11 nitrogen and oxygen atoms in total. The summed E-state index contributed by atoms with van der Waals surface area (Å²) in [5, 5.41) is 56.9. The molecule has 0 aromatic heterocycles. The van der Waals surface area contributed by atoms with E-state index >= 15 is 0 Å². The highest BCUT2D eigenvalue weighted by atomic mass is 16.7. The number of esters is 1. The Labute approximate surface area is 466 Å². The largest absolute Gasteiger partial charge is 0.454 e. The summed E-state index contributed by atoms with van der Waals surface area (Å²) < 4.78 is 17.6. The fraction of sp³-hybridized carbons (Fsp3) is 0.877. The van der Waals surface area contributed by atoms with Crippen LogP contribution in [0.5, 0.6) is 0 Å². The summed E-state index contributed by atoms with van der Waals surface area (Å²) in [7, 11) is 0. The van der Waals surface area contributed by atoms with Crippen LogP contribution in [0.1, 0.15) is 303 Å². The molecule has 1 heterocycles. The van der Waals surface area contributed by atoms with Gasteiger partial charge in [-0.1, -0.05) is 282 Å². The van der Waals surface area contributed by atoms with E-state index in [2.05, 4.69) is 50.4 Å². The quantitative estimate of drug-likeness (QED) is 0.0195. The summed E-state index contributed by atoms with van der Waals surface area (Å²) in [5.41, 5.74) is 0. The van der Waals surface area contributed by atoms with E-state index in [4.69, 9.17) is 14.2 Å². The smallest absolute Gasteiger partial charge is 0.306 e. The molecule has 8 atom stereocenters. The van der Waals surface area contributed by atoms with Crippen LogP contribution in [-0.2, 0) is 23.8 Å². The van der Waals surface area contributed by atoms with E-state index in [0.717, 1.165) is 89.9 Å². The third-order valence-corrected chi connectivity index (χ3v) is 15.3. The lowest BCUT2D eigenvalue weighted by Gasteiger charge is -2.41. The average molecular weight is 1080 g/mol. The first-order valence-corrected chi connectivity index (χ1v) is 32.3. The number of hydrogen-bond donors (Lipinski definition) is 6. The number of aliphatic hydroxyl groups is 5. The normalized spacial score (nSPS) is 19.3. The van der Waals surface area contributed by atoms with E-state index in [1.165, 1.54) is 167 Å². The van der Waals surface area contributed by atoms with Crippen molar-refractivity contribution in [3.05, 3.63) is 36.5 Å². The van der Waals surface area contributed by atoms with Gasteiger partial charge in [0.25, 0.3) is 0 Å². The van der Waals surface area contributed by atoms with Crippen LogP contribution >= 0.6 is 0 Å². The molecule has 0 bridgehead atoms. The van der Waals surface area contributed by atoms with Gasteiger partial charge in [0, 0.05) is 6.42 Å². The van der Waals surface area contributed by atoms with Crippen LogP contribution < -0.4 is 5.32 Å². The number of carbonyl (C=O) groups is 2. The van der Waals surface area contributed by atoms with Gasteiger partial charge in [-0.25, -0.2) is 0 Å². The third-order valence-electron chi connectivity index (χ3n) is 15.3. The lowest BCUT2D eigenvalue weighted by atomic mass is 9.99. The number of nitrogens with one attached hydrogen (secondary N) is 1. The number of ether oxygens (including phenoxy) is 3. The van der Waals surface area contributed by atoms with Gasteiger partial charge in [0.1, 0.15) is 24.4 Å². The van der Waals surface area contributed by atoms with Crippen molar-refractivity contribution >= 4 is 11.9 Å². The monoisotopic (exact) mass is 1080 g/mol. The van der Waals surface area contributed by atoms with Crippen molar-refractivity contribution in [2.45, 2.75) is 352 Å². The number of amides is 1. The Balaban J connectivity index is 2.58. The summed E-state index contributed by atoms with van der Waals surface area (Å²) in [6.07, 6.45) is 53.4. The standard InChI is InChI=1S/C65H121NO10/c1-4-7-10-13-16-19-22-24-25-26-27-28-29-30-31-32-33-35-38-41-44-47-50-53-60(70)76-63-62(72)61(71)59(54-67)75-65(63)74-55-56(57(68)51-48-45-42-39-36-21-18-15-12-9-6-3)66-64(73)58(69)52-49-46-43-40-37-34-23-20-17-14-11-8-5-2/h8,11,17,20,48,51,56-59,61-63,65,67-69,71-72H,4-7,9-10,12-16,18-19,21-47,49-50,52-55H2,1-3H3,(H,66,73)/b11-8+,20-17+,51-48+. The molecule has 0 aromatic rings. The molecule has 11 heteroatoms. The van der Waals surface area contributed by atoms with Crippen LogP contribution in [-0.4, -0.2) is 99.6 Å². The highest BCUT2D eigenvalue weighted by Gasteiger charge is 2.47. The Morgan fingerprint density at radius 2 is 0.947 bits per heavy atom. The van der Waals surface area contributed by atoms with Crippen LogP contribution in [0.4, 0.5) is 0 Å². The van der Waals surface area contributed by atoms with Crippen molar-refractivity contribution in [1.82, 2.24) is 5.32 Å². The van der Waals surface area contributed by atoms with Crippen molar-refractivity contribution in [2.75, 3.05) is 13.2 Å². The minimum Gasteiger partial charge on any atom is -0.454 e. The van der Waals surface area contributed by atoms with E-state index in [9.17, 15) is 35.1 Å². The molecule has 0 aliphatic carbocycles. The highest BCUT2D eigenvalue weighted by molar-refractivity contribution is 5.80. The second-order valence-electron chi connectivity index (χ2n) is 22.5. The summed E-state index contributed by atoms with van der Waals surface area (Å²) in [6.45, 7) is 5.70. The van der Waals surface area contributed by atoms with E-state index in [0.29, 0.717) is 12.8 Å². The molecule has 0 aromatic carbocycles. The van der Waals surface area contributed by atoms with Gasteiger partial charge in [0.15, 0.2) is 12.4 Å². The van der Waals surface area contributed by atoms with Crippen LogP contribution in [0, 0.1) is 0 Å². The van der Waals surface area contributed by atoms with Gasteiger partial charge in [0.2, 0.25) is 5.91 Å². The highest BCUT2D eigenvalue weighted by Crippen LogP contribution is 2.26. The Morgan fingerprint density at radius 1 is 0.526 bits per heavy atom. The number of rotatable bonds is 55. The molecule has 76 heavy (non-hydrogen) atoms. The predicted molar refractivity (Wildman–Crippen MR) is 315 cm³/mol. The van der Waals surface area contributed by atoms with Crippen molar-refractivity contribution < 1.29 is 49.3 Å². The van der Waals surface area contributed by atoms with Crippen molar-refractivity contribution in [3.63, 3.8) is 0 Å². The molecule has 1 fully saturated rings. The molecule has 1 rings (SSSR count). The molecule has 1 saturated heterocycles. The first-order valence-electron chi connectivity index (χ1n) is 32.3. The summed E-state index contributed by atoms with van der Waals surface area (Å²) in [5.74, 6) is -1.19. The summed E-state index contributed by atoms with van der Waals surface area (Å²) in [4.78, 5) is 26.5. The first kappa shape index (κ1) is 71.9. The van der Waals surface area contributed by atoms with Crippen LogP contribution in [0.3, 0.4) is 0 Å². The zero-order chi connectivity index (χ0) is 55.4. The molecule has 446 valence electrons. The molecular weight excluding hydrogens is 955 g/mol. The fourth-order valence-corrected chi connectivity index (χ4v) is 10.2. The minimum absolute atomic E-state index is 0.128. The molecular formula is C65H121NO10. The number of unbranched alkanes of at least 4 members (excludes halogenated alkanes) is 37. The zero-order valence-electron chi connectivity index (χ0n) is 49.4. The van der Waals surface area contributed by atoms with Gasteiger partial charge in [-0.05, 0) is 51.4 Å². The molecule has 6 N–H and O–H groups in total. The first-order chi connectivity index (χ1) is 37.2. The Bertz CT molecular complexity index is 1380. The molecule has 0 radical (unpaired) electrons. The summed E-state index contributed by atoms with van der Waals surface area (Å²) in [6, 6.07) is -1.02. The van der Waals surface area contributed by atoms with E-state index in [1.807, 2.05) is 6.08 Å². The van der Waals surface area contributed by atoms with Gasteiger partial charge < -0.3 is 45.1 Å². The van der Waals surface area contributed by atoms with Gasteiger partial charge >= 0.3 is 5.97 Å². The van der Waals surface area contributed by atoms with Gasteiger partial charge in [-0.15, -0.1) is 0 Å². The number of carbonyl (C=O) groups excluding carboxylic acids is 2. The summed E-state index contributed by atoms with van der Waals surface area (Å²) >= 11 is 0. The Kier molecular flexibility index (Phi) is 50.6. The lowest BCUT2D eigenvalue weighted by molar-refractivity contribution is -0.305. The maximum atomic E-state index is 13.4. The van der Waals surface area contributed by atoms with E-state index in [1.54, 1.807) is 6.08 Å². The molecule has 1 amide bonds.